The fourth-order valence-electron chi connectivity index (χ4n) is 2.24. The van der Waals surface area contributed by atoms with E-state index < -0.39 is 11.9 Å². The molecule has 0 saturated heterocycles. The summed E-state index contributed by atoms with van der Waals surface area (Å²) in [7, 11) is 0. The number of para-hydroxylation sites is 1. The number of hydrogen-bond donors (Lipinski definition) is 1. The van der Waals surface area contributed by atoms with Crippen LogP contribution in [0.5, 0.6) is 11.5 Å². The van der Waals surface area contributed by atoms with E-state index in [1.165, 1.54) is 6.08 Å². The Labute approximate surface area is 158 Å². The molecule has 1 amide bonds. The molecule has 0 aromatic heterocycles. The van der Waals surface area contributed by atoms with Gasteiger partial charge in [0.2, 0.25) is 0 Å². The van der Waals surface area contributed by atoms with Gasteiger partial charge >= 0.3 is 5.97 Å². The smallest absolute Gasteiger partial charge is 0.331 e. The van der Waals surface area contributed by atoms with Crippen LogP contribution in [0.25, 0.3) is 6.08 Å². The van der Waals surface area contributed by atoms with Crippen molar-refractivity contribution in [2.75, 3.05) is 25.1 Å². The van der Waals surface area contributed by atoms with Crippen LogP contribution in [0.15, 0.2) is 54.6 Å². The first-order valence-corrected chi connectivity index (χ1v) is 8.71. The molecule has 0 aliphatic carbocycles. The minimum Gasteiger partial charge on any atom is -0.490 e. The summed E-state index contributed by atoms with van der Waals surface area (Å²) in [4.78, 5) is 23.6. The molecule has 142 valence electrons. The summed E-state index contributed by atoms with van der Waals surface area (Å²) < 4.78 is 16.0. The lowest BCUT2D eigenvalue weighted by atomic mass is 10.2. The standard InChI is InChI=1S/C21H23NO5/c1-3-25-18-12-10-16(14-19(18)26-4-2)11-13-21(24)27-15-20(23)22-17-8-6-5-7-9-17/h5-14H,3-4,15H2,1-2H3,(H,22,23). The average molecular weight is 369 g/mol. The number of benzene rings is 2. The van der Waals surface area contributed by atoms with Crippen LogP contribution in [0.3, 0.4) is 0 Å². The predicted octanol–water partition coefficient (Wildman–Crippen LogP) is 3.68. The number of rotatable bonds is 9. The molecule has 6 heteroatoms. The summed E-state index contributed by atoms with van der Waals surface area (Å²) in [5, 5.41) is 2.64. The molecule has 0 fully saturated rings. The van der Waals surface area contributed by atoms with Gasteiger partial charge in [-0.05, 0) is 49.8 Å². The molecule has 0 heterocycles. The Morgan fingerprint density at radius 2 is 1.67 bits per heavy atom. The van der Waals surface area contributed by atoms with Gasteiger partial charge in [-0.3, -0.25) is 4.79 Å². The normalized spacial score (nSPS) is 10.4. The highest BCUT2D eigenvalue weighted by atomic mass is 16.5. The second-order valence-corrected chi connectivity index (χ2v) is 5.43. The zero-order valence-electron chi connectivity index (χ0n) is 15.4. The summed E-state index contributed by atoms with van der Waals surface area (Å²) >= 11 is 0. The first kappa shape index (κ1) is 20.0. The van der Waals surface area contributed by atoms with Crippen molar-refractivity contribution in [1.82, 2.24) is 0 Å². The summed E-state index contributed by atoms with van der Waals surface area (Å²) in [6, 6.07) is 14.3. The molecule has 6 nitrogen and oxygen atoms in total. The van der Waals surface area contributed by atoms with Gasteiger partial charge in [0.25, 0.3) is 5.91 Å². The molecule has 0 atom stereocenters. The molecule has 0 aliphatic rings. The van der Waals surface area contributed by atoms with E-state index in [1.54, 1.807) is 48.5 Å². The van der Waals surface area contributed by atoms with E-state index in [9.17, 15) is 9.59 Å². The highest BCUT2D eigenvalue weighted by Gasteiger charge is 2.07. The molecule has 2 aromatic rings. The third kappa shape index (κ3) is 6.86. The van der Waals surface area contributed by atoms with Gasteiger partial charge in [-0.2, -0.15) is 0 Å². The largest absolute Gasteiger partial charge is 0.490 e. The zero-order chi connectivity index (χ0) is 19.5. The molecule has 0 unspecified atom stereocenters. The third-order valence-corrected chi connectivity index (χ3v) is 3.38. The van der Waals surface area contributed by atoms with E-state index in [4.69, 9.17) is 14.2 Å². The number of esters is 1. The number of nitrogens with one attached hydrogen (secondary N) is 1. The Morgan fingerprint density at radius 1 is 0.963 bits per heavy atom. The lowest BCUT2D eigenvalue weighted by Crippen LogP contribution is -2.20. The van der Waals surface area contributed by atoms with Crippen LogP contribution in [0.4, 0.5) is 5.69 Å². The number of anilines is 1. The Kier molecular flexibility index (Phi) is 7.91. The van der Waals surface area contributed by atoms with Gasteiger partial charge in [0.1, 0.15) is 0 Å². The second kappa shape index (κ2) is 10.7. The summed E-state index contributed by atoms with van der Waals surface area (Å²) in [6.45, 7) is 4.47. The van der Waals surface area contributed by atoms with Crippen LogP contribution in [-0.2, 0) is 14.3 Å². The highest BCUT2D eigenvalue weighted by molar-refractivity contribution is 5.94. The van der Waals surface area contributed by atoms with Gasteiger partial charge in [0, 0.05) is 11.8 Å². The molecule has 0 bridgehead atoms. The summed E-state index contributed by atoms with van der Waals surface area (Å²) in [5.41, 5.74) is 1.40. The van der Waals surface area contributed by atoms with Crippen molar-refractivity contribution in [3.05, 3.63) is 60.2 Å². The Bertz CT molecular complexity index is 786. The van der Waals surface area contributed by atoms with Crippen molar-refractivity contribution in [2.24, 2.45) is 0 Å². The predicted molar refractivity (Wildman–Crippen MR) is 104 cm³/mol. The van der Waals surface area contributed by atoms with Crippen LogP contribution >= 0.6 is 0 Å². The van der Waals surface area contributed by atoms with Crippen molar-refractivity contribution in [3.63, 3.8) is 0 Å². The topological polar surface area (TPSA) is 73.9 Å². The number of carbonyl (C=O) groups is 2. The summed E-state index contributed by atoms with van der Waals surface area (Å²) in [5.74, 6) is 0.251. The lowest BCUT2D eigenvalue weighted by Gasteiger charge is -2.11. The molecular weight excluding hydrogens is 346 g/mol. The molecule has 0 spiro atoms. The van der Waals surface area contributed by atoms with Gasteiger partial charge in [-0.25, -0.2) is 4.79 Å². The van der Waals surface area contributed by atoms with Crippen molar-refractivity contribution < 1.29 is 23.8 Å². The van der Waals surface area contributed by atoms with Crippen molar-refractivity contribution in [1.29, 1.82) is 0 Å². The maximum Gasteiger partial charge on any atom is 0.331 e. The molecular formula is C21H23NO5. The van der Waals surface area contributed by atoms with Crippen LogP contribution in [0.2, 0.25) is 0 Å². The molecule has 2 aromatic carbocycles. The van der Waals surface area contributed by atoms with E-state index in [0.717, 1.165) is 5.56 Å². The van der Waals surface area contributed by atoms with Crippen LogP contribution < -0.4 is 14.8 Å². The van der Waals surface area contributed by atoms with Crippen molar-refractivity contribution in [3.8, 4) is 11.5 Å². The molecule has 27 heavy (non-hydrogen) atoms. The Morgan fingerprint density at radius 3 is 2.37 bits per heavy atom. The average Bonchev–Trinajstić information content (AvgIpc) is 2.67. The number of hydrogen-bond acceptors (Lipinski definition) is 5. The molecule has 0 aliphatic heterocycles. The lowest BCUT2D eigenvalue weighted by molar-refractivity contribution is -0.142. The van der Waals surface area contributed by atoms with Gasteiger partial charge in [0.15, 0.2) is 18.1 Å². The third-order valence-electron chi connectivity index (χ3n) is 3.38. The van der Waals surface area contributed by atoms with E-state index >= 15 is 0 Å². The van der Waals surface area contributed by atoms with Gasteiger partial charge < -0.3 is 19.5 Å². The van der Waals surface area contributed by atoms with Crippen LogP contribution in [0, 0.1) is 0 Å². The van der Waals surface area contributed by atoms with E-state index in [1.807, 2.05) is 19.9 Å². The van der Waals surface area contributed by atoms with Gasteiger partial charge in [-0.15, -0.1) is 0 Å². The van der Waals surface area contributed by atoms with Crippen molar-refractivity contribution >= 4 is 23.6 Å². The first-order valence-electron chi connectivity index (χ1n) is 8.71. The van der Waals surface area contributed by atoms with Crippen molar-refractivity contribution in [2.45, 2.75) is 13.8 Å². The highest BCUT2D eigenvalue weighted by Crippen LogP contribution is 2.29. The minimum atomic E-state index is -0.606. The molecule has 0 saturated carbocycles. The van der Waals surface area contributed by atoms with E-state index in [-0.39, 0.29) is 6.61 Å². The quantitative estimate of drug-likeness (QED) is 0.539. The second-order valence-electron chi connectivity index (χ2n) is 5.43. The molecule has 1 N–H and O–H groups in total. The maximum absolute atomic E-state index is 11.8. The SMILES string of the molecule is CCOc1ccc(C=CC(=O)OCC(=O)Nc2ccccc2)cc1OCC. The number of carbonyl (C=O) groups excluding carboxylic acids is 2. The molecule has 0 radical (unpaired) electrons. The zero-order valence-corrected chi connectivity index (χ0v) is 15.4. The minimum absolute atomic E-state index is 0.356. The number of amides is 1. The Hall–Kier alpha value is -3.28. The van der Waals surface area contributed by atoms with E-state index in [0.29, 0.717) is 30.4 Å². The fourth-order valence-corrected chi connectivity index (χ4v) is 2.24. The number of ether oxygens (including phenoxy) is 3. The van der Waals surface area contributed by atoms with Crippen LogP contribution in [-0.4, -0.2) is 31.7 Å². The van der Waals surface area contributed by atoms with E-state index in [2.05, 4.69) is 5.32 Å². The van der Waals surface area contributed by atoms with Gasteiger partial charge in [0.05, 0.1) is 13.2 Å². The molecule has 2 rings (SSSR count). The fraction of sp³-hybridized carbons (Fsp3) is 0.238. The summed E-state index contributed by atoms with van der Waals surface area (Å²) in [6.07, 6.45) is 2.86. The Balaban J connectivity index is 1.88. The van der Waals surface area contributed by atoms with Gasteiger partial charge in [-0.1, -0.05) is 24.3 Å². The van der Waals surface area contributed by atoms with Crippen LogP contribution in [0.1, 0.15) is 19.4 Å². The monoisotopic (exact) mass is 369 g/mol. The first-order chi connectivity index (χ1) is 13.1. The maximum atomic E-state index is 11.8.